The summed E-state index contributed by atoms with van der Waals surface area (Å²) in [6.07, 6.45) is 3.39. The van der Waals surface area contributed by atoms with Gasteiger partial charge in [0.25, 0.3) is 0 Å². The van der Waals surface area contributed by atoms with Crippen molar-refractivity contribution in [1.29, 1.82) is 0 Å². The highest BCUT2D eigenvalue weighted by molar-refractivity contribution is 6.30. The molecule has 3 N–H and O–H groups in total. The summed E-state index contributed by atoms with van der Waals surface area (Å²) < 4.78 is 14.0. The maximum absolute atomic E-state index is 14.0. The molecular formula is C15H22ClFN2. The summed E-state index contributed by atoms with van der Waals surface area (Å²) in [4.78, 5) is 0. The second kappa shape index (κ2) is 6.21. The van der Waals surface area contributed by atoms with Crippen LogP contribution in [0, 0.1) is 23.6 Å². The Kier molecular flexibility index (Phi) is 4.82. The monoisotopic (exact) mass is 284 g/mol. The number of nitrogens with two attached hydrogens (primary N) is 1. The Hall–Kier alpha value is -0.640. The molecule has 0 heterocycles. The summed E-state index contributed by atoms with van der Waals surface area (Å²) in [6.45, 7) is 4.51. The van der Waals surface area contributed by atoms with Gasteiger partial charge in [-0.1, -0.05) is 25.4 Å². The van der Waals surface area contributed by atoms with Crippen molar-refractivity contribution >= 4 is 11.6 Å². The van der Waals surface area contributed by atoms with E-state index in [1.807, 2.05) is 0 Å². The summed E-state index contributed by atoms with van der Waals surface area (Å²) in [5.41, 5.74) is 3.38. The van der Waals surface area contributed by atoms with Gasteiger partial charge >= 0.3 is 0 Å². The number of benzene rings is 1. The quantitative estimate of drug-likeness (QED) is 0.649. The van der Waals surface area contributed by atoms with Gasteiger partial charge in [-0.2, -0.15) is 0 Å². The van der Waals surface area contributed by atoms with Gasteiger partial charge in [-0.3, -0.25) is 11.3 Å². The molecule has 1 aromatic carbocycles. The fraction of sp³-hybridized carbons (Fsp3) is 0.600. The van der Waals surface area contributed by atoms with Crippen molar-refractivity contribution < 1.29 is 4.39 Å². The number of hydrogen-bond donors (Lipinski definition) is 2. The van der Waals surface area contributed by atoms with Gasteiger partial charge in [-0.05, 0) is 55.2 Å². The lowest BCUT2D eigenvalue weighted by Gasteiger charge is -2.36. The van der Waals surface area contributed by atoms with Crippen LogP contribution in [0.2, 0.25) is 5.02 Å². The first kappa shape index (κ1) is 14.8. The predicted molar refractivity (Wildman–Crippen MR) is 77.1 cm³/mol. The number of nitrogens with one attached hydrogen (secondary N) is 1. The molecule has 1 aromatic rings. The summed E-state index contributed by atoms with van der Waals surface area (Å²) in [5, 5.41) is 0.550. The van der Waals surface area contributed by atoms with Gasteiger partial charge in [0.15, 0.2) is 0 Å². The van der Waals surface area contributed by atoms with Crippen LogP contribution in [0.15, 0.2) is 18.2 Å². The topological polar surface area (TPSA) is 38.0 Å². The normalized spacial score (nSPS) is 29.2. The number of halogens is 2. The highest BCUT2D eigenvalue weighted by Gasteiger charge is 2.31. The molecule has 3 unspecified atom stereocenters. The molecule has 0 saturated heterocycles. The Labute approximate surface area is 119 Å². The van der Waals surface area contributed by atoms with E-state index in [9.17, 15) is 4.39 Å². The van der Waals surface area contributed by atoms with E-state index < -0.39 is 0 Å². The molecule has 2 nitrogen and oxygen atoms in total. The standard InChI is InChI=1S/C15H22ClFN2/c1-9-5-10(2)7-11(6-9)15(19-18)13-8-12(16)3-4-14(13)17/h3-4,8-11,15,19H,5-7,18H2,1-2H3. The molecule has 106 valence electrons. The molecule has 0 amide bonds. The Morgan fingerprint density at radius 2 is 1.89 bits per heavy atom. The molecule has 0 spiro atoms. The van der Waals surface area contributed by atoms with Crippen molar-refractivity contribution in [1.82, 2.24) is 5.43 Å². The van der Waals surface area contributed by atoms with Crippen molar-refractivity contribution in [3.63, 3.8) is 0 Å². The molecular weight excluding hydrogens is 263 g/mol. The summed E-state index contributed by atoms with van der Waals surface area (Å²) in [6, 6.07) is 4.51. The van der Waals surface area contributed by atoms with E-state index in [0.717, 1.165) is 12.8 Å². The van der Waals surface area contributed by atoms with Crippen molar-refractivity contribution in [3.05, 3.63) is 34.6 Å². The van der Waals surface area contributed by atoms with Gasteiger partial charge in [0.2, 0.25) is 0 Å². The molecule has 1 aliphatic rings. The molecule has 0 bridgehead atoms. The van der Waals surface area contributed by atoms with Crippen LogP contribution in [0.4, 0.5) is 4.39 Å². The molecule has 0 radical (unpaired) electrons. The minimum atomic E-state index is -0.238. The Morgan fingerprint density at radius 3 is 2.47 bits per heavy atom. The molecule has 3 atom stereocenters. The third-order valence-electron chi connectivity index (χ3n) is 4.16. The molecule has 2 rings (SSSR count). The Bertz CT molecular complexity index is 428. The van der Waals surface area contributed by atoms with Gasteiger partial charge < -0.3 is 0 Å². The second-order valence-electron chi connectivity index (χ2n) is 5.99. The van der Waals surface area contributed by atoms with Crippen LogP contribution in [0.3, 0.4) is 0 Å². The van der Waals surface area contributed by atoms with Crippen LogP contribution >= 0.6 is 11.6 Å². The highest BCUT2D eigenvalue weighted by atomic mass is 35.5. The van der Waals surface area contributed by atoms with Gasteiger partial charge in [0.1, 0.15) is 5.82 Å². The Balaban J connectivity index is 2.26. The van der Waals surface area contributed by atoms with Crippen LogP contribution in [0.25, 0.3) is 0 Å². The van der Waals surface area contributed by atoms with Crippen molar-refractivity contribution in [2.45, 2.75) is 39.2 Å². The van der Waals surface area contributed by atoms with Crippen molar-refractivity contribution in [2.75, 3.05) is 0 Å². The summed E-state index contributed by atoms with van der Waals surface area (Å²) >= 11 is 5.98. The van der Waals surface area contributed by atoms with Crippen LogP contribution in [0.5, 0.6) is 0 Å². The average molecular weight is 285 g/mol. The van der Waals surface area contributed by atoms with Crippen LogP contribution < -0.4 is 11.3 Å². The van der Waals surface area contributed by atoms with Crippen molar-refractivity contribution in [2.24, 2.45) is 23.6 Å². The van der Waals surface area contributed by atoms with E-state index in [-0.39, 0.29) is 11.9 Å². The lowest BCUT2D eigenvalue weighted by Crippen LogP contribution is -2.37. The second-order valence-corrected chi connectivity index (χ2v) is 6.42. The lowest BCUT2D eigenvalue weighted by molar-refractivity contribution is 0.175. The minimum Gasteiger partial charge on any atom is -0.271 e. The average Bonchev–Trinajstić information content (AvgIpc) is 2.33. The summed E-state index contributed by atoms with van der Waals surface area (Å²) in [5.74, 6) is 7.12. The van der Waals surface area contributed by atoms with Gasteiger partial charge in [0, 0.05) is 10.6 Å². The number of rotatable bonds is 3. The number of hydrogen-bond acceptors (Lipinski definition) is 2. The maximum Gasteiger partial charge on any atom is 0.128 e. The molecule has 0 aliphatic heterocycles. The molecule has 4 heteroatoms. The molecule has 19 heavy (non-hydrogen) atoms. The fourth-order valence-corrected chi connectivity index (χ4v) is 3.69. The maximum atomic E-state index is 14.0. The number of hydrazine groups is 1. The third kappa shape index (κ3) is 3.47. The van der Waals surface area contributed by atoms with Crippen LogP contribution in [-0.2, 0) is 0 Å². The SMILES string of the molecule is CC1CC(C)CC(C(NN)c2cc(Cl)ccc2F)C1. The van der Waals surface area contributed by atoms with Crippen LogP contribution in [0.1, 0.15) is 44.7 Å². The lowest BCUT2D eigenvalue weighted by atomic mass is 9.72. The van der Waals surface area contributed by atoms with E-state index in [1.54, 1.807) is 12.1 Å². The van der Waals surface area contributed by atoms with Crippen molar-refractivity contribution in [3.8, 4) is 0 Å². The highest BCUT2D eigenvalue weighted by Crippen LogP contribution is 2.40. The van der Waals surface area contributed by atoms with E-state index >= 15 is 0 Å². The largest absolute Gasteiger partial charge is 0.271 e. The molecule has 0 aromatic heterocycles. The summed E-state index contributed by atoms with van der Waals surface area (Å²) in [7, 11) is 0. The first-order valence-electron chi connectivity index (χ1n) is 6.92. The third-order valence-corrected chi connectivity index (χ3v) is 4.39. The van der Waals surface area contributed by atoms with E-state index in [0.29, 0.717) is 28.3 Å². The first-order valence-corrected chi connectivity index (χ1v) is 7.30. The molecule has 1 fully saturated rings. The smallest absolute Gasteiger partial charge is 0.128 e. The Morgan fingerprint density at radius 1 is 1.26 bits per heavy atom. The zero-order chi connectivity index (χ0) is 14.0. The first-order chi connectivity index (χ1) is 9.01. The fourth-order valence-electron chi connectivity index (χ4n) is 3.51. The van der Waals surface area contributed by atoms with Crippen LogP contribution in [-0.4, -0.2) is 0 Å². The van der Waals surface area contributed by atoms with Gasteiger partial charge in [-0.25, -0.2) is 4.39 Å². The predicted octanol–water partition coefficient (Wildman–Crippen LogP) is 4.06. The van der Waals surface area contributed by atoms with E-state index in [4.69, 9.17) is 17.4 Å². The van der Waals surface area contributed by atoms with E-state index in [2.05, 4.69) is 19.3 Å². The van der Waals surface area contributed by atoms with E-state index in [1.165, 1.54) is 12.5 Å². The molecule has 1 aliphatic carbocycles. The zero-order valence-corrected chi connectivity index (χ0v) is 12.3. The zero-order valence-electron chi connectivity index (χ0n) is 11.5. The molecule has 1 saturated carbocycles. The van der Waals surface area contributed by atoms with Gasteiger partial charge in [0.05, 0.1) is 6.04 Å². The minimum absolute atomic E-state index is 0.163. The van der Waals surface area contributed by atoms with Gasteiger partial charge in [-0.15, -0.1) is 0 Å².